The summed E-state index contributed by atoms with van der Waals surface area (Å²) in [6.45, 7) is 4.52. The number of aromatic nitrogens is 2. The van der Waals surface area contributed by atoms with Crippen molar-refractivity contribution in [2.75, 3.05) is 5.75 Å². The third-order valence-electron chi connectivity index (χ3n) is 2.61. The number of carbonyl (C=O) groups excluding carboxylic acids is 1. The van der Waals surface area contributed by atoms with E-state index in [9.17, 15) is 4.79 Å². The van der Waals surface area contributed by atoms with Crippen LogP contribution in [0.5, 0.6) is 0 Å². The second kappa shape index (κ2) is 8.41. The summed E-state index contributed by atoms with van der Waals surface area (Å²) < 4.78 is 1.80. The molecule has 2 rings (SSSR count). The van der Waals surface area contributed by atoms with Crippen molar-refractivity contribution >= 4 is 40.8 Å². The van der Waals surface area contributed by atoms with Crippen LogP contribution in [0.3, 0.4) is 0 Å². The summed E-state index contributed by atoms with van der Waals surface area (Å²) in [5.74, 6) is 0.996. The van der Waals surface area contributed by atoms with Gasteiger partial charge >= 0.3 is 0 Å². The van der Waals surface area contributed by atoms with E-state index < -0.39 is 0 Å². The van der Waals surface area contributed by atoms with Crippen LogP contribution in [0, 0.1) is 0 Å². The van der Waals surface area contributed by atoms with E-state index in [0.717, 1.165) is 20.0 Å². The van der Waals surface area contributed by atoms with Crippen LogP contribution in [-0.4, -0.2) is 27.1 Å². The average molecular weight is 340 g/mol. The van der Waals surface area contributed by atoms with Gasteiger partial charge in [-0.25, -0.2) is 0 Å². The Morgan fingerprint density at radius 2 is 2.00 bits per heavy atom. The molecule has 1 aromatic carbocycles. The lowest BCUT2D eigenvalue weighted by Gasteiger charge is -2.10. The Morgan fingerprint density at radius 1 is 1.29 bits per heavy atom. The first-order valence-corrected chi connectivity index (χ1v) is 9.31. The Hall–Kier alpha value is -1.05. The molecule has 0 aliphatic carbocycles. The van der Waals surface area contributed by atoms with Crippen molar-refractivity contribution in [1.29, 1.82) is 0 Å². The summed E-state index contributed by atoms with van der Waals surface area (Å²) >= 11 is 4.66. The van der Waals surface area contributed by atoms with Gasteiger partial charge in [0.2, 0.25) is 5.91 Å². The number of nitrogens with zero attached hydrogens (tertiary/aromatic N) is 2. The molecule has 112 valence electrons. The molecule has 1 atom stereocenters. The topological polar surface area (TPSA) is 54.9 Å². The lowest BCUT2D eigenvalue weighted by atomic mass is 10.2. The zero-order valence-corrected chi connectivity index (χ0v) is 14.4. The van der Waals surface area contributed by atoms with Crippen molar-refractivity contribution in [2.45, 2.75) is 34.3 Å². The Morgan fingerprint density at radius 3 is 2.71 bits per heavy atom. The lowest BCUT2D eigenvalue weighted by Crippen LogP contribution is -2.30. The molecule has 1 aromatic heterocycles. The van der Waals surface area contributed by atoms with Crippen LogP contribution >= 0.6 is 34.9 Å². The number of hydrogen-bond acceptors (Lipinski definition) is 6. The molecule has 1 heterocycles. The highest BCUT2D eigenvalue weighted by Crippen LogP contribution is 2.30. The van der Waals surface area contributed by atoms with E-state index in [1.807, 2.05) is 37.3 Å². The van der Waals surface area contributed by atoms with Crippen molar-refractivity contribution in [3.8, 4) is 0 Å². The summed E-state index contributed by atoms with van der Waals surface area (Å²) in [4.78, 5) is 12.1. The lowest BCUT2D eigenvalue weighted by molar-refractivity contribution is -0.120. The first-order valence-electron chi connectivity index (χ1n) is 6.63. The van der Waals surface area contributed by atoms with Crippen LogP contribution in [0.25, 0.3) is 0 Å². The molecule has 2 aromatic rings. The smallest absolute Gasteiger partial charge is 0.233 e. The SMILES string of the molecule is CCSc1nnc(S[C@@H](C)C(=O)NCc2ccccc2)s1. The van der Waals surface area contributed by atoms with E-state index in [1.165, 1.54) is 11.8 Å². The van der Waals surface area contributed by atoms with E-state index >= 15 is 0 Å². The standard InChI is InChI=1S/C14H17N3OS3/c1-3-19-13-16-17-14(21-13)20-10(2)12(18)15-9-11-7-5-4-6-8-11/h4-8,10H,3,9H2,1-2H3,(H,15,18)/t10-/m0/s1. The van der Waals surface area contributed by atoms with Crippen LogP contribution in [-0.2, 0) is 11.3 Å². The Kier molecular flexibility index (Phi) is 6.53. The van der Waals surface area contributed by atoms with Gasteiger partial charge in [-0.15, -0.1) is 10.2 Å². The molecule has 7 heteroatoms. The summed E-state index contributed by atoms with van der Waals surface area (Å²) in [5, 5.41) is 11.0. The first kappa shape index (κ1) is 16.3. The van der Waals surface area contributed by atoms with Gasteiger partial charge < -0.3 is 5.32 Å². The van der Waals surface area contributed by atoms with E-state index in [-0.39, 0.29) is 11.2 Å². The van der Waals surface area contributed by atoms with Crippen LogP contribution in [0.4, 0.5) is 0 Å². The Balaban J connectivity index is 1.81. The Bertz CT molecular complexity index is 574. The highest BCUT2D eigenvalue weighted by Gasteiger charge is 2.16. The number of nitrogens with one attached hydrogen (secondary N) is 1. The molecule has 0 saturated heterocycles. The minimum Gasteiger partial charge on any atom is -0.351 e. The molecule has 0 bridgehead atoms. The summed E-state index contributed by atoms with van der Waals surface area (Å²) in [7, 11) is 0. The fourth-order valence-electron chi connectivity index (χ4n) is 1.56. The molecule has 0 aliphatic heterocycles. The minimum atomic E-state index is -0.180. The predicted octanol–water partition coefficient (Wildman–Crippen LogP) is 3.45. The van der Waals surface area contributed by atoms with Gasteiger partial charge in [-0.05, 0) is 18.2 Å². The van der Waals surface area contributed by atoms with Crippen LogP contribution in [0.15, 0.2) is 39.0 Å². The van der Waals surface area contributed by atoms with Gasteiger partial charge in [0.1, 0.15) is 0 Å². The molecule has 0 spiro atoms. The number of rotatable bonds is 7. The van der Waals surface area contributed by atoms with Crippen molar-refractivity contribution < 1.29 is 4.79 Å². The third kappa shape index (κ3) is 5.33. The van der Waals surface area contributed by atoms with E-state index in [0.29, 0.717) is 6.54 Å². The van der Waals surface area contributed by atoms with Crippen LogP contribution < -0.4 is 5.32 Å². The number of hydrogen-bond donors (Lipinski definition) is 1. The molecule has 1 N–H and O–H groups in total. The van der Waals surface area contributed by atoms with E-state index in [1.54, 1.807) is 23.1 Å². The van der Waals surface area contributed by atoms with Gasteiger partial charge in [0.05, 0.1) is 5.25 Å². The maximum Gasteiger partial charge on any atom is 0.233 e. The minimum absolute atomic E-state index is 0.0174. The normalized spacial score (nSPS) is 12.1. The zero-order chi connectivity index (χ0) is 15.1. The highest BCUT2D eigenvalue weighted by atomic mass is 32.2. The monoisotopic (exact) mass is 339 g/mol. The van der Waals surface area contributed by atoms with Gasteiger partial charge in [0.25, 0.3) is 0 Å². The average Bonchev–Trinajstić information content (AvgIpc) is 2.93. The second-order valence-electron chi connectivity index (χ2n) is 4.23. The highest BCUT2D eigenvalue weighted by molar-refractivity contribution is 8.03. The van der Waals surface area contributed by atoms with Crippen molar-refractivity contribution in [3.05, 3.63) is 35.9 Å². The fourth-order valence-corrected chi connectivity index (χ4v) is 4.65. The summed E-state index contributed by atoms with van der Waals surface area (Å²) in [5.41, 5.74) is 1.10. The molecule has 4 nitrogen and oxygen atoms in total. The maximum atomic E-state index is 12.1. The van der Waals surface area contributed by atoms with Gasteiger partial charge in [0.15, 0.2) is 8.68 Å². The third-order valence-corrected chi connectivity index (χ3v) is 5.74. The number of benzene rings is 1. The molecule has 0 radical (unpaired) electrons. The molecule has 21 heavy (non-hydrogen) atoms. The van der Waals surface area contributed by atoms with E-state index in [2.05, 4.69) is 22.4 Å². The van der Waals surface area contributed by atoms with Crippen molar-refractivity contribution in [3.63, 3.8) is 0 Å². The molecular formula is C14H17N3OS3. The fraction of sp³-hybridized carbons (Fsp3) is 0.357. The summed E-state index contributed by atoms with van der Waals surface area (Å²) in [6, 6.07) is 9.89. The predicted molar refractivity (Wildman–Crippen MR) is 89.9 cm³/mol. The Labute approximate surface area is 137 Å². The van der Waals surface area contributed by atoms with Gasteiger partial charge in [0, 0.05) is 6.54 Å². The first-order chi connectivity index (χ1) is 10.2. The zero-order valence-electron chi connectivity index (χ0n) is 11.9. The van der Waals surface area contributed by atoms with Crippen LogP contribution in [0.1, 0.15) is 19.4 Å². The van der Waals surface area contributed by atoms with Gasteiger partial charge in [-0.3, -0.25) is 4.79 Å². The number of carbonyl (C=O) groups is 1. The molecule has 1 amide bonds. The van der Waals surface area contributed by atoms with Gasteiger partial charge in [-0.2, -0.15) is 0 Å². The molecule has 0 fully saturated rings. The van der Waals surface area contributed by atoms with Crippen molar-refractivity contribution in [2.24, 2.45) is 0 Å². The molecule has 0 aliphatic rings. The molecule has 0 unspecified atom stereocenters. The van der Waals surface area contributed by atoms with Crippen molar-refractivity contribution in [1.82, 2.24) is 15.5 Å². The van der Waals surface area contributed by atoms with Gasteiger partial charge in [-0.1, -0.05) is 72.1 Å². The largest absolute Gasteiger partial charge is 0.351 e. The summed E-state index contributed by atoms with van der Waals surface area (Å²) in [6.07, 6.45) is 0. The van der Waals surface area contributed by atoms with E-state index in [4.69, 9.17) is 0 Å². The maximum absolute atomic E-state index is 12.1. The van der Waals surface area contributed by atoms with Crippen LogP contribution in [0.2, 0.25) is 0 Å². The number of thioether (sulfide) groups is 2. The quantitative estimate of drug-likeness (QED) is 0.783. The molecular weight excluding hydrogens is 322 g/mol. The second-order valence-corrected chi connectivity index (χ2v) is 8.31. The molecule has 0 saturated carbocycles. The number of amides is 1.